The van der Waals surface area contributed by atoms with Crippen molar-refractivity contribution in [2.45, 2.75) is 26.8 Å². The topological polar surface area (TPSA) is 50.2 Å². The minimum atomic E-state index is -0.185. The normalized spacial score (nSPS) is 10.8. The van der Waals surface area contributed by atoms with Gasteiger partial charge >= 0.3 is 0 Å². The van der Waals surface area contributed by atoms with E-state index in [0.29, 0.717) is 5.69 Å². The molecule has 0 saturated heterocycles. The van der Waals surface area contributed by atoms with Gasteiger partial charge in [0.25, 0.3) is 5.91 Å². The van der Waals surface area contributed by atoms with Crippen LogP contribution in [0.3, 0.4) is 0 Å². The molecule has 1 N–H and O–H groups in total. The van der Waals surface area contributed by atoms with Gasteiger partial charge in [-0.25, -0.2) is 0 Å². The molecule has 21 heavy (non-hydrogen) atoms. The van der Waals surface area contributed by atoms with E-state index in [2.05, 4.69) is 10.4 Å². The Morgan fingerprint density at radius 1 is 1.24 bits per heavy atom. The first kappa shape index (κ1) is 15.1. The van der Waals surface area contributed by atoms with E-state index in [1.165, 1.54) is 0 Å². The zero-order valence-electron chi connectivity index (χ0n) is 13.2. The Labute approximate surface area is 125 Å². The molecule has 0 aliphatic carbocycles. The molecule has 0 radical (unpaired) electrons. The summed E-state index contributed by atoms with van der Waals surface area (Å²) >= 11 is 0. The number of nitrogens with zero attached hydrogens (tertiary/aromatic N) is 3. The number of aryl methyl sites for hydroxylation is 1. The number of benzene rings is 1. The summed E-state index contributed by atoms with van der Waals surface area (Å²) in [5.74, 6) is -0.185. The van der Waals surface area contributed by atoms with E-state index in [0.717, 1.165) is 17.1 Å². The molecule has 0 spiro atoms. The summed E-state index contributed by atoms with van der Waals surface area (Å²) in [4.78, 5) is 14.2. The van der Waals surface area contributed by atoms with Crippen molar-refractivity contribution in [3.63, 3.8) is 0 Å². The molecule has 0 unspecified atom stereocenters. The SMILES string of the molecule is Cc1cc(C(=O)Nc2ccc(N(C)C)cc2)nn1C(C)C. The molecule has 112 valence electrons. The summed E-state index contributed by atoms with van der Waals surface area (Å²) < 4.78 is 1.85. The number of hydrogen-bond donors (Lipinski definition) is 1. The second-order valence-electron chi connectivity index (χ2n) is 5.60. The minimum Gasteiger partial charge on any atom is -0.378 e. The number of anilines is 2. The molecule has 1 aromatic carbocycles. The summed E-state index contributed by atoms with van der Waals surface area (Å²) in [5, 5.41) is 7.22. The molecule has 2 aromatic rings. The molecule has 1 aromatic heterocycles. The van der Waals surface area contributed by atoms with Crippen LogP contribution in [-0.2, 0) is 0 Å². The van der Waals surface area contributed by atoms with Crippen LogP contribution in [0.15, 0.2) is 30.3 Å². The number of nitrogens with one attached hydrogen (secondary N) is 1. The van der Waals surface area contributed by atoms with Crippen LogP contribution < -0.4 is 10.2 Å². The fraction of sp³-hybridized carbons (Fsp3) is 0.375. The molecule has 5 heteroatoms. The van der Waals surface area contributed by atoms with Crippen LogP contribution in [0.25, 0.3) is 0 Å². The van der Waals surface area contributed by atoms with Crippen molar-refractivity contribution in [1.29, 1.82) is 0 Å². The van der Waals surface area contributed by atoms with E-state index >= 15 is 0 Å². The zero-order chi connectivity index (χ0) is 15.6. The Kier molecular flexibility index (Phi) is 4.31. The van der Waals surface area contributed by atoms with Crippen LogP contribution in [0, 0.1) is 6.92 Å². The maximum absolute atomic E-state index is 12.2. The number of carbonyl (C=O) groups is 1. The Morgan fingerprint density at radius 2 is 1.86 bits per heavy atom. The lowest BCUT2D eigenvalue weighted by atomic mass is 10.2. The van der Waals surface area contributed by atoms with E-state index in [4.69, 9.17) is 0 Å². The maximum atomic E-state index is 12.2. The zero-order valence-corrected chi connectivity index (χ0v) is 13.2. The molecule has 0 saturated carbocycles. The van der Waals surface area contributed by atoms with Crippen molar-refractivity contribution in [1.82, 2.24) is 9.78 Å². The van der Waals surface area contributed by atoms with Gasteiger partial charge in [-0.3, -0.25) is 9.48 Å². The summed E-state index contributed by atoms with van der Waals surface area (Å²) in [5.41, 5.74) is 3.28. The molecular formula is C16H22N4O. The van der Waals surface area contributed by atoms with E-state index in [-0.39, 0.29) is 11.9 Å². The molecule has 2 rings (SSSR count). The molecule has 0 aliphatic heterocycles. The van der Waals surface area contributed by atoms with Gasteiger partial charge in [0.05, 0.1) is 0 Å². The lowest BCUT2D eigenvalue weighted by Gasteiger charge is -2.12. The highest BCUT2D eigenvalue weighted by Gasteiger charge is 2.13. The number of carbonyl (C=O) groups excluding carboxylic acids is 1. The fourth-order valence-corrected chi connectivity index (χ4v) is 2.16. The van der Waals surface area contributed by atoms with E-state index in [1.54, 1.807) is 0 Å². The summed E-state index contributed by atoms with van der Waals surface area (Å²) in [6, 6.07) is 9.76. The highest BCUT2D eigenvalue weighted by atomic mass is 16.1. The third-order valence-electron chi connectivity index (χ3n) is 3.29. The molecule has 0 fully saturated rings. The highest BCUT2D eigenvalue weighted by Crippen LogP contribution is 2.17. The van der Waals surface area contributed by atoms with Gasteiger partial charge in [0.1, 0.15) is 0 Å². The van der Waals surface area contributed by atoms with Crippen LogP contribution in [0.1, 0.15) is 36.1 Å². The van der Waals surface area contributed by atoms with Crippen LogP contribution in [-0.4, -0.2) is 29.8 Å². The molecule has 1 heterocycles. The third kappa shape index (κ3) is 3.42. The first-order valence-corrected chi connectivity index (χ1v) is 7.03. The van der Waals surface area contributed by atoms with E-state index in [1.807, 2.05) is 74.8 Å². The second-order valence-corrected chi connectivity index (χ2v) is 5.60. The molecule has 0 atom stereocenters. The molecule has 0 aliphatic rings. The lowest BCUT2D eigenvalue weighted by molar-refractivity contribution is 0.102. The Bertz CT molecular complexity index is 626. The van der Waals surface area contributed by atoms with Gasteiger partial charge in [0.15, 0.2) is 5.69 Å². The van der Waals surface area contributed by atoms with Crippen molar-refractivity contribution in [2.24, 2.45) is 0 Å². The van der Waals surface area contributed by atoms with Crippen molar-refractivity contribution in [3.05, 3.63) is 41.7 Å². The fourth-order valence-electron chi connectivity index (χ4n) is 2.16. The van der Waals surface area contributed by atoms with Crippen molar-refractivity contribution >= 4 is 17.3 Å². The van der Waals surface area contributed by atoms with Crippen LogP contribution in [0.4, 0.5) is 11.4 Å². The first-order chi connectivity index (χ1) is 9.88. The highest BCUT2D eigenvalue weighted by molar-refractivity contribution is 6.03. The van der Waals surface area contributed by atoms with Gasteiger partial charge < -0.3 is 10.2 Å². The van der Waals surface area contributed by atoms with Gasteiger partial charge in [-0.2, -0.15) is 5.10 Å². The van der Waals surface area contributed by atoms with Crippen LogP contribution in [0.2, 0.25) is 0 Å². The quantitative estimate of drug-likeness (QED) is 0.939. The van der Waals surface area contributed by atoms with Crippen LogP contribution in [0.5, 0.6) is 0 Å². The standard InChI is InChI=1S/C16H22N4O/c1-11(2)20-12(3)10-15(18-20)16(21)17-13-6-8-14(9-7-13)19(4)5/h6-11H,1-5H3,(H,17,21). The van der Waals surface area contributed by atoms with Gasteiger partial charge in [-0.15, -0.1) is 0 Å². The summed E-state index contributed by atoms with van der Waals surface area (Å²) in [7, 11) is 3.96. The summed E-state index contributed by atoms with van der Waals surface area (Å²) in [6.07, 6.45) is 0. The molecule has 0 bridgehead atoms. The van der Waals surface area contributed by atoms with E-state index < -0.39 is 0 Å². The monoisotopic (exact) mass is 286 g/mol. The summed E-state index contributed by atoms with van der Waals surface area (Å²) in [6.45, 7) is 6.04. The molecule has 5 nitrogen and oxygen atoms in total. The largest absolute Gasteiger partial charge is 0.378 e. The number of hydrogen-bond acceptors (Lipinski definition) is 3. The number of rotatable bonds is 4. The van der Waals surface area contributed by atoms with Crippen molar-refractivity contribution in [2.75, 3.05) is 24.3 Å². The van der Waals surface area contributed by atoms with Gasteiger partial charge in [0.2, 0.25) is 0 Å². The first-order valence-electron chi connectivity index (χ1n) is 7.03. The van der Waals surface area contributed by atoms with Gasteiger partial charge in [-0.1, -0.05) is 0 Å². The van der Waals surface area contributed by atoms with Gasteiger partial charge in [0, 0.05) is 37.2 Å². The van der Waals surface area contributed by atoms with E-state index in [9.17, 15) is 4.79 Å². The predicted molar refractivity (Wildman–Crippen MR) is 86.1 cm³/mol. The Morgan fingerprint density at radius 3 is 2.33 bits per heavy atom. The van der Waals surface area contributed by atoms with Gasteiger partial charge in [-0.05, 0) is 51.1 Å². The Balaban J connectivity index is 2.12. The average Bonchev–Trinajstić information content (AvgIpc) is 2.81. The third-order valence-corrected chi connectivity index (χ3v) is 3.29. The van der Waals surface area contributed by atoms with Crippen molar-refractivity contribution < 1.29 is 4.79 Å². The molecule has 1 amide bonds. The number of aromatic nitrogens is 2. The maximum Gasteiger partial charge on any atom is 0.276 e. The lowest BCUT2D eigenvalue weighted by Crippen LogP contribution is -2.14. The molecular weight excluding hydrogens is 264 g/mol. The second kappa shape index (κ2) is 5.99. The van der Waals surface area contributed by atoms with Crippen LogP contribution >= 0.6 is 0 Å². The average molecular weight is 286 g/mol. The van der Waals surface area contributed by atoms with Crippen molar-refractivity contribution in [3.8, 4) is 0 Å². The number of amides is 1. The smallest absolute Gasteiger partial charge is 0.276 e. The predicted octanol–water partition coefficient (Wildman–Crippen LogP) is 3.09. The minimum absolute atomic E-state index is 0.185. The Hall–Kier alpha value is -2.30.